The summed E-state index contributed by atoms with van der Waals surface area (Å²) in [6.07, 6.45) is 1.59. The molecule has 0 fully saturated rings. The number of esters is 1. The van der Waals surface area contributed by atoms with Crippen LogP contribution in [0.5, 0.6) is 5.75 Å². The minimum Gasteiger partial charge on any atom is -0.497 e. The van der Waals surface area contributed by atoms with Crippen LogP contribution in [0.15, 0.2) is 105 Å². The van der Waals surface area contributed by atoms with Gasteiger partial charge in [0.05, 0.1) is 45.5 Å². The van der Waals surface area contributed by atoms with Crippen molar-refractivity contribution in [3.8, 4) is 17.1 Å². The Labute approximate surface area is 264 Å². The molecule has 2 aromatic heterocycles. The highest BCUT2D eigenvalue weighted by atomic mass is 35.5. The van der Waals surface area contributed by atoms with E-state index in [1.807, 2.05) is 30.3 Å². The van der Waals surface area contributed by atoms with Gasteiger partial charge in [0.15, 0.2) is 4.80 Å². The molecule has 0 saturated carbocycles. The summed E-state index contributed by atoms with van der Waals surface area (Å²) in [6, 6.07) is 23.0. The molecule has 0 amide bonds. The normalized spacial score (nSPS) is 14.6. The number of hydrogen-bond donors (Lipinski definition) is 0. The molecule has 10 nitrogen and oxygen atoms in total. The summed E-state index contributed by atoms with van der Waals surface area (Å²) in [6.45, 7) is 1.86. The van der Waals surface area contributed by atoms with Gasteiger partial charge in [0.1, 0.15) is 17.3 Å². The van der Waals surface area contributed by atoms with Crippen LogP contribution in [0.1, 0.15) is 29.9 Å². The van der Waals surface area contributed by atoms with Gasteiger partial charge in [-0.2, -0.15) is 0 Å². The Bertz CT molecular complexity index is 2150. The summed E-state index contributed by atoms with van der Waals surface area (Å²) in [4.78, 5) is 43.5. The van der Waals surface area contributed by atoms with Crippen molar-refractivity contribution in [3.63, 3.8) is 0 Å². The molecule has 1 aliphatic rings. The number of nitro groups is 1. The maximum absolute atomic E-state index is 14.1. The lowest BCUT2D eigenvalue weighted by atomic mass is 9.93. The van der Waals surface area contributed by atoms with E-state index in [0.717, 1.165) is 11.3 Å². The van der Waals surface area contributed by atoms with Gasteiger partial charge in [0.25, 0.3) is 11.2 Å². The molecule has 0 radical (unpaired) electrons. The maximum atomic E-state index is 14.1. The van der Waals surface area contributed by atoms with E-state index in [1.54, 1.807) is 56.5 Å². The topological polar surface area (TPSA) is 126 Å². The Hall–Kier alpha value is -5.26. The largest absolute Gasteiger partial charge is 0.497 e. The highest BCUT2D eigenvalue weighted by Crippen LogP contribution is 2.36. The highest BCUT2D eigenvalue weighted by molar-refractivity contribution is 7.07. The number of nitrogens with zero attached hydrogens (tertiary/aromatic N) is 3. The van der Waals surface area contributed by atoms with Crippen molar-refractivity contribution in [1.82, 2.24) is 4.57 Å². The molecule has 1 aliphatic heterocycles. The van der Waals surface area contributed by atoms with Gasteiger partial charge in [-0.15, -0.1) is 0 Å². The zero-order chi connectivity index (χ0) is 31.7. The average molecular weight is 642 g/mol. The Morgan fingerprint density at radius 2 is 1.87 bits per heavy atom. The Morgan fingerprint density at radius 1 is 1.11 bits per heavy atom. The van der Waals surface area contributed by atoms with Crippen LogP contribution >= 0.6 is 22.9 Å². The summed E-state index contributed by atoms with van der Waals surface area (Å²) >= 11 is 7.46. The van der Waals surface area contributed by atoms with Gasteiger partial charge in [-0.05, 0) is 42.8 Å². The molecule has 0 unspecified atom stereocenters. The molecule has 0 aliphatic carbocycles. The molecule has 3 aromatic carbocycles. The average Bonchev–Trinajstić information content (AvgIpc) is 3.64. The third kappa shape index (κ3) is 5.70. The number of hydrogen-bond acceptors (Lipinski definition) is 9. The first kappa shape index (κ1) is 29.8. The number of fused-ring (bicyclic) bond motifs is 1. The monoisotopic (exact) mass is 641 g/mol. The summed E-state index contributed by atoms with van der Waals surface area (Å²) in [7, 11) is 1.56. The van der Waals surface area contributed by atoms with E-state index in [4.69, 9.17) is 30.5 Å². The molecule has 3 heterocycles. The van der Waals surface area contributed by atoms with Crippen LogP contribution in [-0.2, 0) is 9.53 Å². The van der Waals surface area contributed by atoms with Crippen molar-refractivity contribution in [2.45, 2.75) is 13.0 Å². The minimum absolute atomic E-state index is 0.139. The number of halogens is 1. The number of ether oxygens (including phenoxy) is 2. The van der Waals surface area contributed by atoms with Crippen molar-refractivity contribution in [1.29, 1.82) is 0 Å². The fourth-order valence-electron chi connectivity index (χ4n) is 5.06. The van der Waals surface area contributed by atoms with Crippen LogP contribution in [0.4, 0.5) is 5.69 Å². The van der Waals surface area contributed by atoms with Gasteiger partial charge in [0.2, 0.25) is 0 Å². The van der Waals surface area contributed by atoms with Crippen LogP contribution in [0.3, 0.4) is 0 Å². The van der Waals surface area contributed by atoms with E-state index in [0.29, 0.717) is 49.0 Å². The number of rotatable bonds is 8. The third-order valence-electron chi connectivity index (χ3n) is 7.13. The number of carbonyl (C=O) groups excluding carboxylic acids is 1. The fraction of sp³-hybridized carbons (Fsp3) is 0.121. The molecule has 6 rings (SSSR count). The van der Waals surface area contributed by atoms with Gasteiger partial charge in [-0.3, -0.25) is 19.5 Å². The quantitative estimate of drug-likeness (QED) is 0.120. The molecule has 0 N–H and O–H groups in total. The van der Waals surface area contributed by atoms with Crippen molar-refractivity contribution in [3.05, 3.63) is 142 Å². The van der Waals surface area contributed by atoms with Gasteiger partial charge < -0.3 is 13.9 Å². The van der Waals surface area contributed by atoms with E-state index in [2.05, 4.69) is 0 Å². The first-order valence-electron chi connectivity index (χ1n) is 13.8. The zero-order valence-corrected chi connectivity index (χ0v) is 25.5. The lowest BCUT2D eigenvalue weighted by Gasteiger charge is -2.26. The van der Waals surface area contributed by atoms with Crippen LogP contribution in [-0.4, -0.2) is 29.2 Å². The number of methoxy groups -OCH3 is 1. The second-order valence-electron chi connectivity index (χ2n) is 9.83. The molecule has 5 aromatic rings. The molecule has 0 bridgehead atoms. The van der Waals surface area contributed by atoms with E-state index < -0.39 is 16.9 Å². The highest BCUT2D eigenvalue weighted by Gasteiger charge is 2.35. The summed E-state index contributed by atoms with van der Waals surface area (Å²) in [5, 5.41) is 11.3. The first-order valence-corrected chi connectivity index (χ1v) is 14.9. The van der Waals surface area contributed by atoms with Crippen LogP contribution < -0.4 is 19.6 Å². The van der Waals surface area contributed by atoms with E-state index in [1.165, 1.54) is 22.8 Å². The van der Waals surface area contributed by atoms with Gasteiger partial charge in [-0.25, -0.2) is 9.79 Å². The molecule has 226 valence electrons. The second-order valence-corrected chi connectivity index (χ2v) is 11.2. The van der Waals surface area contributed by atoms with Gasteiger partial charge in [-0.1, -0.05) is 65.4 Å². The van der Waals surface area contributed by atoms with Crippen LogP contribution in [0.25, 0.3) is 23.1 Å². The van der Waals surface area contributed by atoms with E-state index in [-0.39, 0.29) is 28.4 Å². The molecule has 12 heteroatoms. The smallest absolute Gasteiger partial charge is 0.338 e. The Kier molecular flexibility index (Phi) is 8.20. The molecule has 1 atom stereocenters. The standard InChI is InChI=1S/C33H24ClN3O7S/c1-3-43-32(39)28-29(19-7-5-4-6-8-19)35-33-36(30(28)20-9-12-22(42-2)13-10-20)31(38)27(45-33)18-23-14-16-26(44-23)24-15-11-21(37(40)41)17-25(24)34/h4-18,30H,3H2,1-2H3/b27-18-/t30-/m1/s1. The number of non-ortho nitro benzene ring substituents is 1. The first-order chi connectivity index (χ1) is 21.8. The number of furan rings is 1. The minimum atomic E-state index is -0.838. The van der Waals surface area contributed by atoms with Crippen molar-refractivity contribution < 1.29 is 23.6 Å². The Morgan fingerprint density at radius 3 is 2.53 bits per heavy atom. The summed E-state index contributed by atoms with van der Waals surface area (Å²) in [5.74, 6) is 0.781. The predicted octanol–water partition coefficient (Wildman–Crippen LogP) is 5.77. The van der Waals surface area contributed by atoms with Crippen LogP contribution in [0.2, 0.25) is 5.02 Å². The Balaban J connectivity index is 1.52. The lowest BCUT2D eigenvalue weighted by molar-refractivity contribution is -0.384. The zero-order valence-electron chi connectivity index (χ0n) is 23.9. The number of carbonyl (C=O) groups is 1. The number of benzene rings is 3. The number of nitro benzene ring substituents is 1. The number of aromatic nitrogens is 1. The summed E-state index contributed by atoms with van der Waals surface area (Å²) < 4.78 is 18.6. The van der Waals surface area contributed by atoms with Crippen molar-refractivity contribution in [2.75, 3.05) is 13.7 Å². The molecule has 0 saturated heterocycles. The second kappa shape index (κ2) is 12.4. The fourth-order valence-corrected chi connectivity index (χ4v) is 6.31. The molecule has 0 spiro atoms. The molecule has 45 heavy (non-hydrogen) atoms. The number of thiazole rings is 1. The maximum Gasteiger partial charge on any atom is 0.338 e. The van der Waals surface area contributed by atoms with Crippen LogP contribution in [0, 0.1) is 10.1 Å². The van der Waals surface area contributed by atoms with Crippen molar-refractivity contribution >= 4 is 46.4 Å². The third-order valence-corrected chi connectivity index (χ3v) is 8.43. The van der Waals surface area contributed by atoms with Gasteiger partial charge >= 0.3 is 5.97 Å². The summed E-state index contributed by atoms with van der Waals surface area (Å²) in [5.41, 5.74) is 1.97. The molecular weight excluding hydrogens is 618 g/mol. The van der Waals surface area contributed by atoms with E-state index in [9.17, 15) is 19.7 Å². The molecular formula is C33H24ClN3O7S. The van der Waals surface area contributed by atoms with Gasteiger partial charge in [0, 0.05) is 29.3 Å². The lowest BCUT2D eigenvalue weighted by Crippen LogP contribution is -2.40. The predicted molar refractivity (Wildman–Crippen MR) is 170 cm³/mol. The van der Waals surface area contributed by atoms with E-state index >= 15 is 0 Å². The SMILES string of the molecule is CCOC(=O)C1=C(c2ccccc2)N=c2s/c(=C\c3ccc(-c4ccc([N+](=O)[O-])cc4Cl)o3)c(=O)n2[C@@H]1c1ccc(OC)cc1. The van der Waals surface area contributed by atoms with Crippen molar-refractivity contribution in [2.24, 2.45) is 4.99 Å².